The van der Waals surface area contributed by atoms with E-state index in [4.69, 9.17) is 19.9 Å². The molecule has 0 bridgehead atoms. The Kier molecular flexibility index (Phi) is 10.0. The largest absolute Gasteiger partial charge is 0.256 e. The average molecular weight is 904 g/mol. The van der Waals surface area contributed by atoms with Gasteiger partial charge in [-0.05, 0) is 126 Å². The van der Waals surface area contributed by atoms with Gasteiger partial charge in [0.15, 0.2) is 17.5 Å². The topological polar surface area (TPSA) is 75.3 Å². The van der Waals surface area contributed by atoms with Crippen LogP contribution in [0.2, 0.25) is 0 Å². The first-order chi connectivity index (χ1) is 35.2. The molecule has 0 amide bonds. The first kappa shape index (κ1) is 41.5. The summed E-state index contributed by atoms with van der Waals surface area (Å²) in [5.74, 6) is 1.72. The molecule has 0 saturated heterocycles. The Bertz CT molecular complexity index is 3940. The molecule has 0 aliphatic heterocycles. The van der Waals surface area contributed by atoms with Crippen LogP contribution in [0.25, 0.3) is 100 Å². The summed E-state index contributed by atoms with van der Waals surface area (Å²) in [4.78, 5) is 21.1. The van der Waals surface area contributed by atoms with E-state index in [-0.39, 0.29) is 0 Å². The summed E-state index contributed by atoms with van der Waals surface area (Å²) in [6, 6.07) is 87.4. The van der Waals surface area contributed by atoms with E-state index < -0.39 is 5.41 Å². The van der Waals surface area contributed by atoms with E-state index in [0.29, 0.717) is 23.0 Å². The van der Waals surface area contributed by atoms with Crippen LogP contribution in [-0.4, -0.2) is 19.9 Å². The van der Waals surface area contributed by atoms with Crippen molar-refractivity contribution in [2.24, 2.45) is 0 Å². The molecule has 330 valence electrons. The summed E-state index contributed by atoms with van der Waals surface area (Å²) < 4.78 is 0. The second-order valence-corrected chi connectivity index (χ2v) is 18.0. The summed E-state index contributed by atoms with van der Waals surface area (Å²) in [6.45, 7) is 0. The first-order valence-corrected chi connectivity index (χ1v) is 23.8. The SMILES string of the molecule is N#Cc1ccc2c(c1)C(c1ccccc1)(c1ccccc1)c1cc(-c3cc(-c4ccccn4)cc(-c4nc(-c5ccccc5)nc(-c5c6ccccc6c(-c6ccccc6)c6ccccc56)n4)c3)ccc1-2. The van der Waals surface area contributed by atoms with Gasteiger partial charge in [0.25, 0.3) is 0 Å². The van der Waals surface area contributed by atoms with Crippen LogP contribution in [0.1, 0.15) is 27.8 Å². The number of aromatic nitrogens is 4. The van der Waals surface area contributed by atoms with E-state index in [0.717, 1.165) is 99.6 Å². The van der Waals surface area contributed by atoms with E-state index in [9.17, 15) is 5.26 Å². The van der Waals surface area contributed by atoms with Crippen molar-refractivity contribution in [3.63, 3.8) is 0 Å². The molecule has 2 heterocycles. The minimum atomic E-state index is -0.702. The fraction of sp³-hybridized carbons (Fsp3) is 0.0152. The van der Waals surface area contributed by atoms with Crippen LogP contribution in [0.15, 0.2) is 249 Å². The lowest BCUT2D eigenvalue weighted by Gasteiger charge is -2.34. The molecule has 0 spiro atoms. The van der Waals surface area contributed by atoms with Gasteiger partial charge in [-0.2, -0.15) is 5.26 Å². The molecule has 1 aliphatic carbocycles. The Balaban J connectivity index is 1.07. The molecule has 0 radical (unpaired) electrons. The van der Waals surface area contributed by atoms with Crippen molar-refractivity contribution in [2.75, 3.05) is 0 Å². The summed E-state index contributed by atoms with van der Waals surface area (Å²) in [5, 5.41) is 14.6. The van der Waals surface area contributed by atoms with Crippen LogP contribution in [0.3, 0.4) is 0 Å². The monoisotopic (exact) mass is 903 g/mol. The lowest BCUT2D eigenvalue weighted by molar-refractivity contribution is 0.768. The molecule has 13 rings (SSSR count). The second-order valence-electron chi connectivity index (χ2n) is 18.0. The highest BCUT2D eigenvalue weighted by Crippen LogP contribution is 2.57. The van der Waals surface area contributed by atoms with Gasteiger partial charge in [0.2, 0.25) is 0 Å². The number of hydrogen-bond acceptors (Lipinski definition) is 5. The molecule has 0 atom stereocenters. The molecule has 0 saturated carbocycles. The molecular formula is C66H41N5. The summed E-state index contributed by atoms with van der Waals surface area (Å²) in [6.07, 6.45) is 1.84. The maximum absolute atomic E-state index is 10.3. The number of nitrogens with zero attached hydrogens (tertiary/aromatic N) is 5. The highest BCUT2D eigenvalue weighted by Gasteiger charge is 2.46. The van der Waals surface area contributed by atoms with Crippen LogP contribution in [-0.2, 0) is 5.41 Å². The van der Waals surface area contributed by atoms with Crippen LogP contribution in [0.4, 0.5) is 0 Å². The zero-order valence-electron chi connectivity index (χ0n) is 38.4. The molecule has 12 aromatic rings. The normalized spacial score (nSPS) is 12.3. The molecule has 2 aromatic heterocycles. The molecule has 5 nitrogen and oxygen atoms in total. The summed E-state index contributed by atoms with van der Waals surface area (Å²) in [5.41, 5.74) is 15.5. The van der Waals surface area contributed by atoms with Gasteiger partial charge in [0.1, 0.15) is 0 Å². The van der Waals surface area contributed by atoms with Crippen LogP contribution in [0.5, 0.6) is 0 Å². The fourth-order valence-corrected chi connectivity index (χ4v) is 11.0. The second kappa shape index (κ2) is 17.2. The number of benzene rings is 10. The molecule has 0 N–H and O–H groups in total. The number of hydrogen-bond donors (Lipinski definition) is 0. The van der Waals surface area contributed by atoms with E-state index >= 15 is 0 Å². The Labute approximate surface area is 411 Å². The predicted molar refractivity (Wildman–Crippen MR) is 287 cm³/mol. The molecular weight excluding hydrogens is 863 g/mol. The van der Waals surface area contributed by atoms with Gasteiger partial charge >= 0.3 is 0 Å². The molecule has 71 heavy (non-hydrogen) atoms. The number of nitriles is 1. The van der Waals surface area contributed by atoms with Crippen LogP contribution in [0, 0.1) is 11.3 Å². The van der Waals surface area contributed by atoms with Gasteiger partial charge in [-0.25, -0.2) is 15.0 Å². The smallest absolute Gasteiger partial charge is 0.165 e. The van der Waals surface area contributed by atoms with Crippen molar-refractivity contribution in [3.8, 4) is 84.9 Å². The number of rotatable bonds is 8. The third kappa shape index (κ3) is 6.92. The van der Waals surface area contributed by atoms with E-state index in [2.05, 4.69) is 206 Å². The predicted octanol–water partition coefficient (Wildman–Crippen LogP) is 15.8. The summed E-state index contributed by atoms with van der Waals surface area (Å²) >= 11 is 0. The maximum Gasteiger partial charge on any atom is 0.165 e. The van der Waals surface area contributed by atoms with Gasteiger partial charge < -0.3 is 0 Å². The number of fused-ring (bicyclic) bond motifs is 5. The highest BCUT2D eigenvalue weighted by atomic mass is 15.0. The number of pyridine rings is 1. The average Bonchev–Trinajstić information content (AvgIpc) is 3.75. The zero-order valence-corrected chi connectivity index (χ0v) is 38.4. The van der Waals surface area contributed by atoms with E-state index in [1.54, 1.807) is 0 Å². The van der Waals surface area contributed by atoms with Gasteiger partial charge in [0, 0.05) is 28.5 Å². The summed E-state index contributed by atoms with van der Waals surface area (Å²) in [7, 11) is 0. The molecule has 10 aromatic carbocycles. The van der Waals surface area contributed by atoms with E-state index in [1.807, 2.05) is 48.7 Å². The maximum atomic E-state index is 10.3. The molecule has 1 aliphatic rings. The Morgan fingerprint density at radius 2 is 0.817 bits per heavy atom. The van der Waals surface area contributed by atoms with Gasteiger partial charge in [0.05, 0.1) is 22.7 Å². The lowest BCUT2D eigenvalue weighted by Crippen LogP contribution is -2.28. The fourth-order valence-electron chi connectivity index (χ4n) is 11.0. The third-order valence-corrected chi connectivity index (χ3v) is 14.1. The molecule has 5 heteroatoms. The minimum absolute atomic E-state index is 0.550. The van der Waals surface area contributed by atoms with Crippen molar-refractivity contribution in [1.82, 2.24) is 19.9 Å². The van der Waals surface area contributed by atoms with Crippen LogP contribution >= 0.6 is 0 Å². The van der Waals surface area contributed by atoms with Crippen molar-refractivity contribution in [2.45, 2.75) is 5.41 Å². The Morgan fingerprint density at radius 1 is 0.338 bits per heavy atom. The first-order valence-electron chi connectivity index (χ1n) is 23.8. The van der Waals surface area contributed by atoms with E-state index in [1.165, 1.54) is 5.56 Å². The van der Waals surface area contributed by atoms with Crippen molar-refractivity contribution < 1.29 is 0 Å². The lowest BCUT2D eigenvalue weighted by atomic mass is 9.67. The zero-order chi connectivity index (χ0) is 47.3. The van der Waals surface area contributed by atoms with Crippen molar-refractivity contribution >= 4 is 21.5 Å². The van der Waals surface area contributed by atoms with Crippen molar-refractivity contribution in [1.29, 1.82) is 5.26 Å². The Morgan fingerprint density at radius 3 is 1.41 bits per heavy atom. The third-order valence-electron chi connectivity index (χ3n) is 14.1. The molecule has 0 fully saturated rings. The van der Waals surface area contributed by atoms with Crippen LogP contribution < -0.4 is 0 Å². The highest BCUT2D eigenvalue weighted by molar-refractivity contribution is 6.20. The molecule has 0 unspecified atom stereocenters. The standard InChI is InChI=1S/C66H41N5/c67-42-43-32-34-52-53-35-33-46(41-59(53)66(58(52)37-43,50-23-9-3-10-24-50)51-25-11-4-12-26-51)47-38-48(60-31-17-18-36-68-60)40-49(39-47)64-69-63(45-21-7-2-8-22-45)70-65(71-64)62-56-29-15-13-27-54(56)61(44-19-5-1-6-20-44)55-28-14-16-30-57(55)62/h1-41H. The van der Waals surface area contributed by atoms with Gasteiger partial charge in [-0.1, -0.05) is 194 Å². The van der Waals surface area contributed by atoms with Crippen molar-refractivity contribution in [3.05, 3.63) is 277 Å². The minimum Gasteiger partial charge on any atom is -0.256 e. The van der Waals surface area contributed by atoms with Gasteiger partial charge in [-0.3, -0.25) is 4.98 Å². The Hall–Kier alpha value is -9.63. The quantitative estimate of drug-likeness (QED) is 0.142. The van der Waals surface area contributed by atoms with Gasteiger partial charge in [-0.15, -0.1) is 0 Å².